The van der Waals surface area contributed by atoms with E-state index in [1.807, 2.05) is 22.8 Å². The number of alkyl halides is 2. The largest absolute Gasteiger partial charge is 0.586 e. The van der Waals surface area contributed by atoms with Crippen LogP contribution in [0.2, 0.25) is 0 Å². The summed E-state index contributed by atoms with van der Waals surface area (Å²) < 4.78 is 37.9. The van der Waals surface area contributed by atoms with E-state index in [-0.39, 0.29) is 35.9 Å². The summed E-state index contributed by atoms with van der Waals surface area (Å²) >= 11 is 0. The summed E-state index contributed by atoms with van der Waals surface area (Å²) in [4.78, 5) is 16.0. The van der Waals surface area contributed by atoms with E-state index >= 15 is 0 Å². The molecule has 2 N–H and O–H groups in total. The first-order chi connectivity index (χ1) is 17.4. The highest BCUT2D eigenvalue weighted by molar-refractivity contribution is 6.02. The fourth-order valence-electron chi connectivity index (χ4n) is 4.84. The molecule has 0 spiro atoms. The maximum atomic E-state index is 13.4. The maximum Gasteiger partial charge on any atom is 0.586 e. The predicted octanol–water partition coefficient (Wildman–Crippen LogP) is 5.60. The molecule has 0 radical (unpaired) electrons. The number of halogens is 2. The van der Waals surface area contributed by atoms with E-state index in [9.17, 15) is 18.7 Å². The Labute approximate surface area is 211 Å². The van der Waals surface area contributed by atoms with Gasteiger partial charge in [-0.15, -0.1) is 8.78 Å². The van der Waals surface area contributed by atoms with Crippen LogP contribution in [0.4, 0.5) is 14.5 Å². The molecular weight excluding hydrogens is 484 g/mol. The first kappa shape index (κ1) is 24.9. The van der Waals surface area contributed by atoms with E-state index in [0.717, 1.165) is 16.6 Å². The number of hydrogen-bond acceptors (Lipinski definition) is 5. The highest BCUT2D eigenvalue weighted by Gasteiger charge is 2.52. The third kappa shape index (κ3) is 4.68. The quantitative estimate of drug-likeness (QED) is 0.244. The smallest absolute Gasteiger partial charge is 0.395 e. The van der Waals surface area contributed by atoms with Gasteiger partial charge in [-0.3, -0.25) is 4.79 Å². The van der Waals surface area contributed by atoms with Crippen molar-refractivity contribution in [3.05, 3.63) is 64.2 Å². The van der Waals surface area contributed by atoms with Gasteiger partial charge in [0.15, 0.2) is 11.5 Å². The molecular formula is C26H27F2N5O4. The van der Waals surface area contributed by atoms with Gasteiger partial charge in [-0.2, -0.15) is 0 Å². The van der Waals surface area contributed by atoms with Crippen molar-refractivity contribution in [1.82, 2.24) is 4.57 Å². The Bertz CT molecular complexity index is 1430. The average molecular weight is 512 g/mol. The number of aliphatic hydroxyl groups excluding tert-OH is 1. The zero-order chi connectivity index (χ0) is 26.6. The van der Waals surface area contributed by atoms with Crippen molar-refractivity contribution in [3.63, 3.8) is 0 Å². The van der Waals surface area contributed by atoms with Crippen LogP contribution < -0.4 is 14.8 Å². The number of amides is 1. The lowest BCUT2D eigenvalue weighted by Gasteiger charge is -2.23. The SMILES string of the molecule is CC(C)(C)c1cc2cc(NC(=O)C3(c4ccc5c(c4)OC(F)(F)O5)CC3)ccc2n1C[C@@H](O)CN=[N+]=[N-]. The Hall–Kier alpha value is -3.82. The Kier molecular flexibility index (Phi) is 5.80. The van der Waals surface area contributed by atoms with Crippen LogP contribution in [0.5, 0.6) is 11.5 Å². The molecule has 0 unspecified atom stereocenters. The second-order valence-electron chi connectivity index (χ2n) is 10.6. The minimum Gasteiger partial charge on any atom is -0.395 e. The van der Waals surface area contributed by atoms with Gasteiger partial charge in [0.05, 0.1) is 18.1 Å². The number of aliphatic hydroxyl groups is 1. The average Bonchev–Trinajstić information content (AvgIpc) is 3.46. The molecule has 5 rings (SSSR count). The Morgan fingerprint density at radius 1 is 1.19 bits per heavy atom. The minimum atomic E-state index is -3.71. The zero-order valence-corrected chi connectivity index (χ0v) is 20.7. The third-order valence-electron chi connectivity index (χ3n) is 6.82. The summed E-state index contributed by atoms with van der Waals surface area (Å²) in [5.41, 5.74) is 10.6. The number of hydrogen-bond donors (Lipinski definition) is 2. The number of nitrogens with zero attached hydrogens (tertiary/aromatic N) is 4. The molecule has 1 aromatic heterocycles. The van der Waals surface area contributed by atoms with E-state index in [0.29, 0.717) is 24.1 Å². The molecule has 0 saturated heterocycles. The predicted molar refractivity (Wildman–Crippen MR) is 133 cm³/mol. The van der Waals surface area contributed by atoms with Crippen molar-refractivity contribution in [3.8, 4) is 11.5 Å². The first-order valence-electron chi connectivity index (χ1n) is 12.0. The van der Waals surface area contributed by atoms with Crippen molar-refractivity contribution < 1.29 is 28.2 Å². The van der Waals surface area contributed by atoms with Crippen molar-refractivity contribution in [2.24, 2.45) is 5.11 Å². The number of fused-ring (bicyclic) bond motifs is 2. The van der Waals surface area contributed by atoms with Crippen LogP contribution in [0.25, 0.3) is 21.3 Å². The van der Waals surface area contributed by atoms with Crippen molar-refractivity contribution >= 4 is 22.5 Å². The van der Waals surface area contributed by atoms with Crippen LogP contribution in [0.15, 0.2) is 47.6 Å². The van der Waals surface area contributed by atoms with Gasteiger partial charge < -0.3 is 24.5 Å². The zero-order valence-electron chi connectivity index (χ0n) is 20.7. The molecule has 1 aliphatic carbocycles. The molecule has 194 valence electrons. The van der Waals surface area contributed by atoms with Crippen LogP contribution in [0.3, 0.4) is 0 Å². The number of azide groups is 1. The van der Waals surface area contributed by atoms with E-state index in [4.69, 9.17) is 5.53 Å². The normalized spacial score (nSPS) is 17.8. The second-order valence-corrected chi connectivity index (χ2v) is 10.6. The van der Waals surface area contributed by atoms with Gasteiger partial charge in [0.2, 0.25) is 5.91 Å². The Morgan fingerprint density at radius 3 is 2.59 bits per heavy atom. The summed E-state index contributed by atoms with van der Waals surface area (Å²) in [7, 11) is 0. The monoisotopic (exact) mass is 511 g/mol. The molecule has 2 aliphatic rings. The lowest BCUT2D eigenvalue weighted by Crippen LogP contribution is -2.28. The fraction of sp³-hybridized carbons (Fsp3) is 0.423. The van der Waals surface area contributed by atoms with Gasteiger partial charge in [-0.05, 0) is 60.3 Å². The van der Waals surface area contributed by atoms with Gasteiger partial charge in [-0.1, -0.05) is 32.0 Å². The van der Waals surface area contributed by atoms with Crippen molar-refractivity contribution in [2.45, 2.75) is 63.4 Å². The number of benzene rings is 2. The number of carbonyl (C=O) groups excluding carboxylic acids is 1. The van der Waals surface area contributed by atoms with Crippen LogP contribution in [-0.2, 0) is 22.2 Å². The Balaban J connectivity index is 1.40. The molecule has 1 saturated carbocycles. The van der Waals surface area contributed by atoms with E-state index in [2.05, 4.69) is 45.6 Å². The molecule has 1 atom stereocenters. The molecule has 11 heteroatoms. The number of aromatic nitrogens is 1. The standard InChI is InChI=1S/C26H27F2N5O4/c1-24(2,3)22-11-15-10-17(5-6-19(15)33(22)14-18(34)13-30-32-29)31-23(35)25(8-9-25)16-4-7-20-21(12-16)37-26(27,28)36-20/h4-7,10-12,18,34H,8-9,13-14H2,1-3H3,(H,31,35)/t18-/m0/s1. The topological polar surface area (TPSA) is 121 Å². The fourth-order valence-corrected chi connectivity index (χ4v) is 4.84. The van der Waals surface area contributed by atoms with E-state index in [1.165, 1.54) is 12.1 Å². The van der Waals surface area contributed by atoms with E-state index in [1.54, 1.807) is 12.1 Å². The van der Waals surface area contributed by atoms with Crippen LogP contribution in [0, 0.1) is 0 Å². The first-order valence-corrected chi connectivity index (χ1v) is 12.0. The van der Waals surface area contributed by atoms with Crippen LogP contribution >= 0.6 is 0 Å². The molecule has 3 aromatic rings. The number of anilines is 1. The van der Waals surface area contributed by atoms with E-state index < -0.39 is 17.8 Å². The van der Waals surface area contributed by atoms with Gasteiger partial charge in [-0.25, -0.2) is 0 Å². The summed E-state index contributed by atoms with van der Waals surface area (Å²) in [6, 6.07) is 12.0. The molecule has 1 amide bonds. The lowest BCUT2D eigenvalue weighted by atomic mass is 9.92. The summed E-state index contributed by atoms with van der Waals surface area (Å²) in [6.07, 6.45) is -3.38. The molecule has 1 fully saturated rings. The number of ether oxygens (including phenoxy) is 2. The lowest BCUT2D eigenvalue weighted by molar-refractivity contribution is -0.286. The maximum absolute atomic E-state index is 13.4. The molecule has 9 nitrogen and oxygen atoms in total. The van der Waals surface area contributed by atoms with Gasteiger partial charge in [0.1, 0.15) is 0 Å². The van der Waals surface area contributed by atoms with Crippen molar-refractivity contribution in [1.29, 1.82) is 0 Å². The van der Waals surface area contributed by atoms with Crippen LogP contribution in [-0.4, -0.2) is 34.5 Å². The molecule has 0 bridgehead atoms. The van der Waals surface area contributed by atoms with Gasteiger partial charge in [0, 0.05) is 39.2 Å². The highest BCUT2D eigenvalue weighted by Crippen LogP contribution is 2.52. The molecule has 1 aliphatic heterocycles. The minimum absolute atomic E-state index is 0.0342. The van der Waals surface area contributed by atoms with Crippen molar-refractivity contribution in [2.75, 3.05) is 11.9 Å². The Morgan fingerprint density at radius 2 is 1.92 bits per heavy atom. The summed E-state index contributed by atoms with van der Waals surface area (Å²) in [5, 5.41) is 17.7. The van der Waals surface area contributed by atoms with Gasteiger partial charge in [0.25, 0.3) is 0 Å². The molecule has 2 aromatic carbocycles. The van der Waals surface area contributed by atoms with Crippen LogP contribution in [0.1, 0.15) is 44.9 Å². The highest BCUT2D eigenvalue weighted by atomic mass is 19.3. The summed E-state index contributed by atoms with van der Waals surface area (Å²) in [6.45, 7) is 6.43. The number of carbonyl (C=O) groups is 1. The van der Waals surface area contributed by atoms with Gasteiger partial charge >= 0.3 is 6.29 Å². The number of rotatable bonds is 7. The second kappa shape index (κ2) is 8.64. The number of nitrogens with one attached hydrogen (secondary N) is 1. The third-order valence-corrected chi connectivity index (χ3v) is 6.82. The molecule has 2 heterocycles. The summed E-state index contributed by atoms with van der Waals surface area (Å²) in [5.74, 6) is -0.362. The molecule has 37 heavy (non-hydrogen) atoms.